The van der Waals surface area contributed by atoms with E-state index in [1.807, 2.05) is 0 Å². The van der Waals surface area contributed by atoms with Gasteiger partial charge in [-0.1, -0.05) is 19.1 Å². The van der Waals surface area contributed by atoms with Crippen molar-refractivity contribution in [3.05, 3.63) is 96.0 Å². The molecule has 0 aliphatic carbocycles. The number of halogens is 3. The van der Waals surface area contributed by atoms with Gasteiger partial charge in [0.15, 0.2) is 5.82 Å². The number of rotatable bonds is 11. The van der Waals surface area contributed by atoms with Gasteiger partial charge in [-0.15, -0.1) is 4.68 Å². The fourth-order valence-electron chi connectivity index (χ4n) is 4.45. The van der Waals surface area contributed by atoms with Crippen LogP contribution in [0.3, 0.4) is 0 Å². The van der Waals surface area contributed by atoms with E-state index in [1.54, 1.807) is 19.1 Å². The van der Waals surface area contributed by atoms with Crippen molar-refractivity contribution in [2.75, 3.05) is 18.5 Å². The molecule has 4 rings (SSSR count). The fourth-order valence-corrected chi connectivity index (χ4v) is 4.45. The molecule has 4 aromatic rings. The van der Waals surface area contributed by atoms with Gasteiger partial charge in [-0.2, -0.15) is 4.57 Å². The number of anilines is 1. The van der Waals surface area contributed by atoms with Crippen LogP contribution in [0.5, 0.6) is 0 Å². The van der Waals surface area contributed by atoms with Crippen LogP contribution in [0, 0.1) is 17.5 Å². The molecular formula is C28H30F3N8O5+. The second-order valence-electron chi connectivity index (χ2n) is 9.81. The third kappa shape index (κ3) is 6.98. The Kier molecular flexibility index (Phi) is 9.85. The molecule has 3 atom stereocenters. The standard InChI is InChI=1S/C28H30F3N8O5/c1-17(25-23(31)11-33-14-35-25)28(42,21-7-6-20(29)9-22(21)30)13-39-16-38(15-36-39)18(2)44-27(41)37(3)26-19(5-4-8-34-26)12-43-24(40)10-32/h4-9,11,14-18,42H,10,12-13,32H2,1-3H3/q+1/t17-,18?,28?/m0/s1. The van der Waals surface area contributed by atoms with Crippen LogP contribution in [0.25, 0.3) is 0 Å². The zero-order valence-electron chi connectivity index (χ0n) is 24.0. The Labute approximate surface area is 249 Å². The molecule has 0 saturated carbocycles. The molecule has 0 aliphatic rings. The van der Waals surface area contributed by atoms with Crippen molar-refractivity contribution in [3.8, 4) is 0 Å². The molecule has 44 heavy (non-hydrogen) atoms. The second-order valence-corrected chi connectivity index (χ2v) is 9.81. The summed E-state index contributed by atoms with van der Waals surface area (Å²) in [7, 11) is 1.42. The van der Waals surface area contributed by atoms with Gasteiger partial charge in [0.25, 0.3) is 6.33 Å². The quantitative estimate of drug-likeness (QED) is 0.189. The number of benzene rings is 1. The topological polar surface area (TPSA) is 162 Å². The van der Waals surface area contributed by atoms with Crippen LogP contribution in [0.15, 0.2) is 61.7 Å². The van der Waals surface area contributed by atoms with Crippen molar-refractivity contribution < 1.29 is 41.9 Å². The zero-order chi connectivity index (χ0) is 32.0. The Hall–Kier alpha value is -4.96. The molecule has 232 valence electrons. The Morgan fingerprint density at radius 2 is 1.95 bits per heavy atom. The maximum atomic E-state index is 15.0. The second kappa shape index (κ2) is 13.6. The summed E-state index contributed by atoms with van der Waals surface area (Å²) >= 11 is 0. The summed E-state index contributed by atoms with van der Waals surface area (Å²) < 4.78 is 56.6. The largest absolute Gasteiger partial charge is 0.460 e. The zero-order valence-corrected chi connectivity index (χ0v) is 24.0. The summed E-state index contributed by atoms with van der Waals surface area (Å²) in [4.78, 5) is 37.3. The smallest absolute Gasteiger partial charge is 0.418 e. The first kappa shape index (κ1) is 32.0. The van der Waals surface area contributed by atoms with Gasteiger partial charge in [0.2, 0.25) is 12.6 Å². The summed E-state index contributed by atoms with van der Waals surface area (Å²) in [5.41, 5.74) is 3.03. The molecule has 16 heteroatoms. The van der Waals surface area contributed by atoms with Crippen LogP contribution < -0.4 is 15.2 Å². The first-order chi connectivity index (χ1) is 20.9. The molecule has 1 amide bonds. The average Bonchev–Trinajstić information content (AvgIpc) is 3.47. The highest BCUT2D eigenvalue weighted by molar-refractivity contribution is 5.86. The Morgan fingerprint density at radius 3 is 2.66 bits per heavy atom. The molecular weight excluding hydrogens is 585 g/mol. The minimum atomic E-state index is -2.17. The highest BCUT2D eigenvalue weighted by Gasteiger charge is 2.43. The van der Waals surface area contributed by atoms with Crippen LogP contribution in [0.1, 0.15) is 42.8 Å². The van der Waals surface area contributed by atoms with Gasteiger partial charge in [0, 0.05) is 48.4 Å². The van der Waals surface area contributed by atoms with Gasteiger partial charge in [0.1, 0.15) is 42.5 Å². The van der Waals surface area contributed by atoms with Crippen LogP contribution in [0.2, 0.25) is 0 Å². The fraction of sp³-hybridized carbons (Fsp3) is 0.321. The lowest BCUT2D eigenvalue weighted by Gasteiger charge is -2.32. The number of hydrogen-bond acceptors (Lipinski definition) is 10. The number of nitrogens with two attached hydrogens (primary N) is 1. The van der Waals surface area contributed by atoms with Gasteiger partial charge in [-0.3, -0.25) is 9.69 Å². The molecule has 3 heterocycles. The highest BCUT2D eigenvalue weighted by Crippen LogP contribution is 2.39. The van der Waals surface area contributed by atoms with Crippen molar-refractivity contribution >= 4 is 17.9 Å². The van der Waals surface area contributed by atoms with Crippen LogP contribution >= 0.6 is 0 Å². The van der Waals surface area contributed by atoms with Crippen LogP contribution in [-0.4, -0.2) is 55.5 Å². The molecule has 3 aromatic heterocycles. The number of esters is 1. The first-order valence-electron chi connectivity index (χ1n) is 13.2. The molecule has 13 nitrogen and oxygen atoms in total. The lowest BCUT2D eigenvalue weighted by molar-refractivity contribution is -0.753. The van der Waals surface area contributed by atoms with Crippen molar-refractivity contribution in [1.82, 2.24) is 24.7 Å². The van der Waals surface area contributed by atoms with Gasteiger partial charge < -0.3 is 20.3 Å². The Morgan fingerprint density at radius 1 is 1.18 bits per heavy atom. The summed E-state index contributed by atoms with van der Waals surface area (Å²) in [5, 5.41) is 16.1. The van der Waals surface area contributed by atoms with E-state index in [2.05, 4.69) is 20.1 Å². The highest BCUT2D eigenvalue weighted by atomic mass is 19.1. The van der Waals surface area contributed by atoms with E-state index >= 15 is 0 Å². The lowest BCUT2D eigenvalue weighted by Crippen LogP contribution is -2.42. The predicted molar refractivity (Wildman–Crippen MR) is 146 cm³/mol. The van der Waals surface area contributed by atoms with Crippen LogP contribution in [0.4, 0.5) is 23.8 Å². The van der Waals surface area contributed by atoms with E-state index < -0.39 is 53.8 Å². The normalized spacial score (nSPS) is 13.9. The summed E-state index contributed by atoms with van der Waals surface area (Å²) in [6.45, 7) is 2.09. The minimum Gasteiger partial charge on any atom is -0.460 e. The summed E-state index contributed by atoms with van der Waals surface area (Å²) in [5.74, 6) is -4.32. The molecule has 0 fully saturated rings. The van der Waals surface area contributed by atoms with E-state index in [4.69, 9.17) is 15.2 Å². The molecule has 1 aromatic carbocycles. The number of nitrogens with zero attached hydrogens (tertiary/aromatic N) is 7. The van der Waals surface area contributed by atoms with Crippen molar-refractivity contribution in [3.63, 3.8) is 0 Å². The predicted octanol–water partition coefficient (Wildman–Crippen LogP) is 2.26. The van der Waals surface area contributed by atoms with Crippen molar-refractivity contribution in [2.24, 2.45) is 5.73 Å². The monoisotopic (exact) mass is 615 g/mol. The number of carbonyl (C=O) groups excluding carboxylic acids is 2. The third-order valence-electron chi connectivity index (χ3n) is 6.93. The molecule has 0 saturated heterocycles. The van der Waals surface area contributed by atoms with E-state index in [-0.39, 0.29) is 30.2 Å². The molecule has 0 spiro atoms. The van der Waals surface area contributed by atoms with E-state index in [9.17, 15) is 27.9 Å². The maximum Gasteiger partial charge on any atom is 0.418 e. The molecule has 0 bridgehead atoms. The van der Waals surface area contributed by atoms with Gasteiger partial charge in [-0.25, -0.2) is 32.9 Å². The summed E-state index contributed by atoms with van der Waals surface area (Å²) in [6, 6.07) is 5.89. The summed E-state index contributed by atoms with van der Waals surface area (Å²) in [6.07, 6.45) is 4.39. The van der Waals surface area contributed by atoms with Crippen molar-refractivity contribution in [2.45, 2.75) is 44.7 Å². The number of hydrogen-bond donors (Lipinski definition) is 2. The SMILES string of the molecule is CC(OC(=O)N(C)c1ncccc1COC(=O)CN)[n+]1cnn(CC(O)(c2ccc(F)cc2F)[C@@H](C)c2ncncc2F)c1. The van der Waals surface area contributed by atoms with Gasteiger partial charge in [-0.05, 0) is 12.1 Å². The minimum absolute atomic E-state index is 0.164. The third-order valence-corrected chi connectivity index (χ3v) is 6.93. The number of pyridine rings is 1. The van der Waals surface area contributed by atoms with E-state index in [0.717, 1.165) is 29.6 Å². The van der Waals surface area contributed by atoms with Gasteiger partial charge >= 0.3 is 12.1 Å². The molecule has 2 unspecified atom stereocenters. The number of carbonyl (C=O) groups is 2. The van der Waals surface area contributed by atoms with E-state index in [0.29, 0.717) is 11.6 Å². The number of ether oxygens (including phenoxy) is 2. The Balaban J connectivity index is 1.54. The average molecular weight is 616 g/mol. The molecule has 0 radical (unpaired) electrons. The Bertz CT molecular complexity index is 1640. The maximum absolute atomic E-state index is 15.0. The number of aliphatic hydroxyl groups is 1. The van der Waals surface area contributed by atoms with Crippen molar-refractivity contribution in [1.29, 1.82) is 0 Å². The van der Waals surface area contributed by atoms with Crippen LogP contribution in [-0.2, 0) is 33.0 Å². The first-order valence-corrected chi connectivity index (χ1v) is 13.2. The molecule has 3 N–H and O–H groups in total. The number of amides is 1. The molecule has 0 aliphatic heterocycles. The van der Waals surface area contributed by atoms with E-state index in [1.165, 1.54) is 42.1 Å². The lowest BCUT2D eigenvalue weighted by atomic mass is 9.79. The number of aromatic nitrogens is 6. The van der Waals surface area contributed by atoms with Gasteiger partial charge in [0.05, 0.1) is 18.4 Å².